The lowest BCUT2D eigenvalue weighted by Crippen LogP contribution is -2.34. The summed E-state index contributed by atoms with van der Waals surface area (Å²) in [6.07, 6.45) is -0.367. The molecule has 0 unspecified atom stereocenters. The van der Waals surface area contributed by atoms with E-state index >= 15 is 0 Å². The van der Waals surface area contributed by atoms with Gasteiger partial charge in [0, 0.05) is 19.5 Å². The largest absolute Gasteiger partial charge is 0.448 e. The van der Waals surface area contributed by atoms with Crippen LogP contribution in [0.25, 0.3) is 11.1 Å². The first kappa shape index (κ1) is 55.2. The third-order valence-corrected chi connectivity index (χ3v) is 11.7. The number of likely N-dealkylation sites (N-methyl/N-ethyl adjacent to an activating group) is 1. The van der Waals surface area contributed by atoms with Crippen molar-refractivity contribution >= 4 is 6.09 Å². The van der Waals surface area contributed by atoms with Gasteiger partial charge < -0.3 is 61.7 Å². The Bertz CT molecular complexity index is 2010. The van der Waals surface area contributed by atoms with Crippen molar-refractivity contribution in [2.24, 2.45) is 0 Å². The van der Waals surface area contributed by atoms with Gasteiger partial charge in [-0.15, -0.1) is 0 Å². The van der Waals surface area contributed by atoms with Crippen LogP contribution in [-0.4, -0.2) is 170 Å². The van der Waals surface area contributed by atoms with Crippen molar-refractivity contribution in [3.8, 4) is 11.1 Å². The van der Waals surface area contributed by atoms with Crippen molar-refractivity contribution in [2.45, 2.75) is 11.5 Å². The van der Waals surface area contributed by atoms with Gasteiger partial charge in [-0.25, -0.2) is 4.79 Å². The summed E-state index contributed by atoms with van der Waals surface area (Å²) in [5.41, 5.74) is 7.22. The number of hydrogen-bond acceptors (Lipinski definition) is 13. The van der Waals surface area contributed by atoms with Gasteiger partial charge >= 0.3 is 6.09 Å². The second-order valence-electron chi connectivity index (χ2n) is 16.5. The Morgan fingerprint density at radius 3 is 1.00 bits per heavy atom. The summed E-state index contributed by atoms with van der Waals surface area (Å²) in [5.74, 6) is 0.0332. The zero-order valence-electron chi connectivity index (χ0n) is 41.4. The van der Waals surface area contributed by atoms with E-state index in [1.807, 2.05) is 78.9 Å². The fraction of sp³-hybridized carbons (Fsp3) is 0.456. The summed E-state index contributed by atoms with van der Waals surface area (Å²) in [5, 5.41) is 0. The highest BCUT2D eigenvalue weighted by Gasteiger charge is 2.37. The normalized spacial score (nSPS) is 12.2. The summed E-state index contributed by atoms with van der Waals surface area (Å²) in [6, 6.07) is 47.6. The van der Waals surface area contributed by atoms with Gasteiger partial charge in [0.15, 0.2) is 0 Å². The van der Waals surface area contributed by atoms with E-state index in [9.17, 15) is 4.79 Å². The molecule has 5 aromatic rings. The minimum absolute atomic E-state index is 0.0332. The van der Waals surface area contributed by atoms with E-state index in [1.165, 1.54) is 27.2 Å². The highest BCUT2D eigenvalue weighted by atomic mass is 16.6. The maximum Gasteiger partial charge on any atom is 0.409 e. The highest BCUT2D eigenvalue weighted by Crippen LogP contribution is 2.44. The van der Waals surface area contributed by atoms with Crippen LogP contribution in [0, 0.1) is 0 Å². The molecule has 0 aliphatic heterocycles. The lowest BCUT2D eigenvalue weighted by atomic mass is 9.80. The minimum atomic E-state index is -0.761. The summed E-state index contributed by atoms with van der Waals surface area (Å²) >= 11 is 0. The van der Waals surface area contributed by atoms with Gasteiger partial charge in [0.05, 0.1) is 139 Å². The molecular formula is C57H73NO13. The summed E-state index contributed by atoms with van der Waals surface area (Å²) in [7, 11) is 1.72. The number of hydrogen-bond donors (Lipinski definition) is 0. The van der Waals surface area contributed by atoms with Crippen molar-refractivity contribution in [1.82, 2.24) is 4.90 Å². The Labute approximate surface area is 420 Å². The van der Waals surface area contributed by atoms with E-state index in [4.69, 9.17) is 56.8 Å². The van der Waals surface area contributed by atoms with Gasteiger partial charge in [-0.2, -0.15) is 0 Å². The third-order valence-electron chi connectivity index (χ3n) is 11.7. The predicted molar refractivity (Wildman–Crippen MR) is 271 cm³/mol. The first-order valence-corrected chi connectivity index (χ1v) is 24.8. The number of ether oxygens (including phenoxy) is 12. The Morgan fingerprint density at radius 1 is 0.380 bits per heavy atom. The second kappa shape index (κ2) is 33.6. The topological polar surface area (TPSA) is 131 Å². The average molecular weight is 980 g/mol. The second-order valence-corrected chi connectivity index (χ2v) is 16.5. The van der Waals surface area contributed by atoms with Crippen LogP contribution in [0.5, 0.6) is 0 Å². The minimum Gasteiger partial charge on any atom is -0.448 e. The van der Waals surface area contributed by atoms with E-state index in [0.29, 0.717) is 152 Å². The number of carbonyl (C=O) groups is 1. The van der Waals surface area contributed by atoms with Crippen LogP contribution in [0.1, 0.15) is 33.7 Å². The molecule has 0 saturated carbocycles. The summed E-state index contributed by atoms with van der Waals surface area (Å²) in [6.45, 7) is 10.4. The molecule has 0 fully saturated rings. The lowest BCUT2D eigenvalue weighted by molar-refractivity contribution is -0.0399. The first-order valence-electron chi connectivity index (χ1n) is 24.8. The zero-order valence-corrected chi connectivity index (χ0v) is 41.4. The molecule has 0 atom stereocenters. The summed E-state index contributed by atoms with van der Waals surface area (Å²) < 4.78 is 68.6. The predicted octanol–water partition coefficient (Wildman–Crippen LogP) is 8.04. The number of benzene rings is 5. The first-order chi connectivity index (χ1) is 35.2. The molecule has 1 aliphatic rings. The zero-order chi connectivity index (χ0) is 49.3. The van der Waals surface area contributed by atoms with Crippen LogP contribution < -0.4 is 0 Å². The standard InChI is InChI=1S/C57H73NO13/c1-58(56(59)70-47-55-53-23-13-11-21-51(53)52-22-12-14-24-54(52)55)25-26-60-27-28-61-29-30-62-31-32-63-33-34-64-35-36-65-37-38-66-39-40-67-41-42-68-43-44-69-45-46-71-57(48-15-5-2-6-16-48,49-17-7-3-8-18-49)50-19-9-4-10-20-50/h2-24,55H,25-47H2,1H3. The van der Waals surface area contributed by atoms with Crippen LogP contribution >= 0.6 is 0 Å². The molecule has 0 spiro atoms. The molecule has 0 heterocycles. The molecule has 5 aromatic carbocycles. The van der Waals surface area contributed by atoms with Gasteiger partial charge in [0.1, 0.15) is 12.2 Å². The SMILES string of the molecule is CN(CCOCCOCCOCCOCCOCCOCCOCCOCCOCCOCCOC(c1ccccc1)(c1ccccc1)c1ccccc1)C(=O)OCC1c2ccccc2-c2ccccc21. The Hall–Kier alpha value is -5.07. The molecule has 1 amide bonds. The maximum absolute atomic E-state index is 12.7. The van der Waals surface area contributed by atoms with E-state index < -0.39 is 5.60 Å². The van der Waals surface area contributed by atoms with Gasteiger partial charge in [-0.05, 0) is 38.9 Å². The Kier molecular flexibility index (Phi) is 26.1. The number of amides is 1. The fourth-order valence-electron chi connectivity index (χ4n) is 8.10. The molecule has 1 aliphatic carbocycles. The van der Waals surface area contributed by atoms with Crippen LogP contribution in [0.15, 0.2) is 140 Å². The van der Waals surface area contributed by atoms with Gasteiger partial charge in [0.2, 0.25) is 0 Å². The number of nitrogens with zero attached hydrogens (tertiary/aromatic N) is 1. The Morgan fingerprint density at radius 2 is 0.662 bits per heavy atom. The molecule has 0 radical (unpaired) electrons. The Balaban J connectivity index is 0.635. The monoisotopic (exact) mass is 980 g/mol. The molecule has 384 valence electrons. The highest BCUT2D eigenvalue weighted by molar-refractivity contribution is 5.79. The number of fused-ring (bicyclic) bond motifs is 3. The molecule has 71 heavy (non-hydrogen) atoms. The lowest BCUT2D eigenvalue weighted by Gasteiger charge is -2.36. The average Bonchev–Trinajstić information content (AvgIpc) is 3.74. The van der Waals surface area contributed by atoms with Crippen LogP contribution in [0.4, 0.5) is 4.79 Å². The number of rotatable bonds is 39. The van der Waals surface area contributed by atoms with E-state index in [0.717, 1.165) is 16.7 Å². The van der Waals surface area contributed by atoms with Crippen molar-refractivity contribution in [3.63, 3.8) is 0 Å². The van der Waals surface area contributed by atoms with E-state index in [1.54, 1.807) is 7.05 Å². The molecule has 0 aromatic heterocycles. The molecule has 14 heteroatoms. The fourth-order valence-corrected chi connectivity index (χ4v) is 8.10. The van der Waals surface area contributed by atoms with Crippen LogP contribution in [-0.2, 0) is 62.4 Å². The van der Waals surface area contributed by atoms with Gasteiger partial charge in [-0.3, -0.25) is 0 Å². The number of carbonyl (C=O) groups excluding carboxylic acids is 1. The van der Waals surface area contributed by atoms with Gasteiger partial charge in [-0.1, -0.05) is 140 Å². The van der Waals surface area contributed by atoms with Crippen molar-refractivity contribution in [2.75, 3.05) is 159 Å². The van der Waals surface area contributed by atoms with E-state index in [2.05, 4.69) is 60.7 Å². The molecule has 0 saturated heterocycles. The van der Waals surface area contributed by atoms with E-state index in [-0.39, 0.29) is 12.0 Å². The molecule has 0 N–H and O–H groups in total. The van der Waals surface area contributed by atoms with Crippen molar-refractivity contribution in [1.29, 1.82) is 0 Å². The molecule has 14 nitrogen and oxygen atoms in total. The maximum atomic E-state index is 12.7. The quantitative estimate of drug-likeness (QED) is 0.0279. The van der Waals surface area contributed by atoms with Crippen LogP contribution in [0.2, 0.25) is 0 Å². The smallest absolute Gasteiger partial charge is 0.409 e. The van der Waals surface area contributed by atoms with Crippen molar-refractivity contribution in [3.05, 3.63) is 167 Å². The summed E-state index contributed by atoms with van der Waals surface area (Å²) in [4.78, 5) is 14.2. The molecule has 6 rings (SSSR count). The van der Waals surface area contributed by atoms with Crippen molar-refractivity contribution < 1.29 is 61.6 Å². The van der Waals surface area contributed by atoms with Crippen LogP contribution in [0.3, 0.4) is 0 Å². The molecular weight excluding hydrogens is 907 g/mol. The third kappa shape index (κ3) is 18.8. The molecule has 0 bridgehead atoms. The van der Waals surface area contributed by atoms with Gasteiger partial charge in [0.25, 0.3) is 0 Å².